The maximum absolute atomic E-state index is 12.5. The van der Waals surface area contributed by atoms with Crippen molar-refractivity contribution < 1.29 is 13.9 Å². The van der Waals surface area contributed by atoms with Gasteiger partial charge >= 0.3 is 0 Å². The summed E-state index contributed by atoms with van der Waals surface area (Å²) in [6.45, 7) is 0.806. The van der Waals surface area contributed by atoms with Crippen LogP contribution < -0.4 is 4.74 Å². The van der Waals surface area contributed by atoms with Crippen LogP contribution in [0.15, 0.2) is 47.1 Å². The summed E-state index contributed by atoms with van der Waals surface area (Å²) in [6.07, 6.45) is 4.09. The molecule has 0 N–H and O–H groups in total. The van der Waals surface area contributed by atoms with E-state index >= 15 is 0 Å². The highest BCUT2D eigenvalue weighted by Gasteiger charge is 2.31. The number of methoxy groups -OCH3 is 1. The Morgan fingerprint density at radius 3 is 2.81 bits per heavy atom. The van der Waals surface area contributed by atoms with Gasteiger partial charge < -0.3 is 14.1 Å². The topological polar surface area (TPSA) is 42.7 Å². The lowest BCUT2D eigenvalue weighted by atomic mass is 10.1. The predicted octanol–water partition coefficient (Wildman–Crippen LogP) is 3.19. The smallest absolute Gasteiger partial charge is 0.227 e. The fraction of sp³-hybridized carbons (Fsp3) is 0.353. The van der Waals surface area contributed by atoms with Crippen molar-refractivity contribution in [1.29, 1.82) is 0 Å². The average Bonchev–Trinajstić information content (AvgIpc) is 3.18. The molecule has 0 bridgehead atoms. The van der Waals surface area contributed by atoms with Crippen LogP contribution in [0, 0.1) is 0 Å². The molecular formula is C17H19NO3. The maximum Gasteiger partial charge on any atom is 0.227 e. The molecule has 4 nitrogen and oxygen atoms in total. The van der Waals surface area contributed by atoms with Gasteiger partial charge in [0.25, 0.3) is 0 Å². The summed E-state index contributed by atoms with van der Waals surface area (Å²) in [7, 11) is 1.64. The lowest BCUT2D eigenvalue weighted by molar-refractivity contribution is -0.131. The molecule has 2 heterocycles. The van der Waals surface area contributed by atoms with Gasteiger partial charge in [0.1, 0.15) is 11.5 Å². The minimum absolute atomic E-state index is 0.0887. The summed E-state index contributed by atoms with van der Waals surface area (Å²) in [5.74, 6) is 1.84. The van der Waals surface area contributed by atoms with Gasteiger partial charge in [0.05, 0.1) is 25.8 Å². The third-order valence-corrected chi connectivity index (χ3v) is 3.96. The van der Waals surface area contributed by atoms with E-state index in [0.29, 0.717) is 6.42 Å². The van der Waals surface area contributed by atoms with Gasteiger partial charge in [-0.25, -0.2) is 0 Å². The minimum atomic E-state index is 0.0887. The average molecular weight is 285 g/mol. The van der Waals surface area contributed by atoms with Crippen molar-refractivity contribution in [2.75, 3.05) is 13.7 Å². The van der Waals surface area contributed by atoms with E-state index in [4.69, 9.17) is 9.15 Å². The summed E-state index contributed by atoms with van der Waals surface area (Å²) in [4.78, 5) is 14.5. The molecule has 110 valence electrons. The molecule has 0 unspecified atom stereocenters. The summed E-state index contributed by atoms with van der Waals surface area (Å²) in [5.41, 5.74) is 1.01. The second kappa shape index (κ2) is 6.04. The largest absolute Gasteiger partial charge is 0.497 e. The van der Waals surface area contributed by atoms with E-state index in [9.17, 15) is 4.79 Å². The second-order valence-electron chi connectivity index (χ2n) is 5.29. The van der Waals surface area contributed by atoms with E-state index < -0.39 is 0 Å². The summed E-state index contributed by atoms with van der Waals surface area (Å²) >= 11 is 0. The highest BCUT2D eigenvalue weighted by Crippen LogP contribution is 2.32. The number of benzene rings is 1. The highest BCUT2D eigenvalue weighted by atomic mass is 16.5. The summed E-state index contributed by atoms with van der Waals surface area (Å²) in [6, 6.07) is 11.6. The number of hydrogen-bond donors (Lipinski definition) is 0. The Bertz CT molecular complexity index is 589. The van der Waals surface area contributed by atoms with Crippen LogP contribution in [0.1, 0.15) is 30.2 Å². The zero-order chi connectivity index (χ0) is 14.7. The van der Waals surface area contributed by atoms with Crippen molar-refractivity contribution in [3.8, 4) is 5.75 Å². The van der Waals surface area contributed by atoms with Crippen LogP contribution in [0.25, 0.3) is 0 Å². The minimum Gasteiger partial charge on any atom is -0.497 e. The number of hydrogen-bond acceptors (Lipinski definition) is 3. The molecule has 1 amide bonds. The number of likely N-dealkylation sites (tertiary alicyclic amines) is 1. The Hall–Kier alpha value is -2.23. The van der Waals surface area contributed by atoms with Crippen molar-refractivity contribution in [3.05, 3.63) is 54.0 Å². The van der Waals surface area contributed by atoms with E-state index in [1.165, 1.54) is 0 Å². The van der Waals surface area contributed by atoms with Gasteiger partial charge in [-0.3, -0.25) is 4.79 Å². The first-order valence-electron chi connectivity index (χ1n) is 7.24. The molecule has 1 saturated heterocycles. The van der Waals surface area contributed by atoms with Crippen molar-refractivity contribution in [2.24, 2.45) is 0 Å². The van der Waals surface area contributed by atoms with Gasteiger partial charge in [-0.05, 0) is 42.7 Å². The van der Waals surface area contributed by atoms with Crippen LogP contribution >= 0.6 is 0 Å². The van der Waals surface area contributed by atoms with E-state index in [0.717, 1.165) is 36.5 Å². The fourth-order valence-corrected chi connectivity index (χ4v) is 2.86. The maximum atomic E-state index is 12.5. The molecule has 1 atom stereocenters. The van der Waals surface area contributed by atoms with Gasteiger partial charge in [0, 0.05) is 6.54 Å². The molecule has 0 saturated carbocycles. The molecule has 1 aliphatic rings. The fourth-order valence-electron chi connectivity index (χ4n) is 2.86. The summed E-state index contributed by atoms with van der Waals surface area (Å²) < 4.78 is 10.6. The quantitative estimate of drug-likeness (QED) is 0.866. The molecule has 3 rings (SSSR count). The molecule has 1 fully saturated rings. The third kappa shape index (κ3) is 2.94. The lowest BCUT2D eigenvalue weighted by Crippen LogP contribution is -2.31. The number of nitrogens with zero attached hydrogens (tertiary/aromatic N) is 1. The second-order valence-corrected chi connectivity index (χ2v) is 5.29. The van der Waals surface area contributed by atoms with E-state index in [1.807, 2.05) is 41.3 Å². The van der Waals surface area contributed by atoms with Gasteiger partial charge in [-0.1, -0.05) is 12.1 Å². The first kappa shape index (κ1) is 13.7. The van der Waals surface area contributed by atoms with Crippen LogP contribution in [0.3, 0.4) is 0 Å². The number of rotatable bonds is 4. The number of ether oxygens (including phenoxy) is 1. The van der Waals surface area contributed by atoms with Crippen molar-refractivity contribution in [1.82, 2.24) is 4.90 Å². The van der Waals surface area contributed by atoms with Gasteiger partial charge in [0.15, 0.2) is 0 Å². The molecule has 0 aliphatic carbocycles. The first-order chi connectivity index (χ1) is 10.3. The monoisotopic (exact) mass is 285 g/mol. The number of furan rings is 1. The van der Waals surface area contributed by atoms with Gasteiger partial charge in [-0.2, -0.15) is 0 Å². The Balaban J connectivity index is 1.69. The molecule has 2 aromatic rings. The first-order valence-corrected chi connectivity index (χ1v) is 7.24. The molecule has 4 heteroatoms. The van der Waals surface area contributed by atoms with Crippen molar-refractivity contribution in [2.45, 2.75) is 25.3 Å². The van der Waals surface area contributed by atoms with Gasteiger partial charge in [-0.15, -0.1) is 0 Å². The van der Waals surface area contributed by atoms with Crippen molar-refractivity contribution in [3.63, 3.8) is 0 Å². The Labute approximate surface area is 124 Å². The molecule has 1 aromatic heterocycles. The highest BCUT2D eigenvalue weighted by molar-refractivity contribution is 5.79. The molecule has 21 heavy (non-hydrogen) atoms. The van der Waals surface area contributed by atoms with Crippen LogP contribution in [-0.4, -0.2) is 24.5 Å². The lowest BCUT2D eigenvalue weighted by Gasteiger charge is -2.23. The molecular weight excluding hydrogens is 266 g/mol. The normalized spacial score (nSPS) is 18.0. The zero-order valence-electron chi connectivity index (χ0n) is 12.1. The molecule has 0 radical (unpaired) electrons. The molecule has 0 spiro atoms. The Morgan fingerprint density at radius 2 is 2.14 bits per heavy atom. The molecule has 1 aliphatic heterocycles. The number of carbonyl (C=O) groups excluding carboxylic acids is 1. The Morgan fingerprint density at radius 1 is 1.33 bits per heavy atom. The number of carbonyl (C=O) groups is 1. The predicted molar refractivity (Wildman–Crippen MR) is 79.1 cm³/mol. The Kier molecular flexibility index (Phi) is 3.95. The molecule has 1 aromatic carbocycles. The van der Waals surface area contributed by atoms with Crippen LogP contribution in [0.2, 0.25) is 0 Å². The van der Waals surface area contributed by atoms with E-state index in [2.05, 4.69) is 0 Å². The van der Waals surface area contributed by atoms with E-state index in [-0.39, 0.29) is 11.9 Å². The van der Waals surface area contributed by atoms with E-state index in [1.54, 1.807) is 13.4 Å². The van der Waals surface area contributed by atoms with Crippen molar-refractivity contribution >= 4 is 5.91 Å². The standard InChI is InChI=1S/C17H19NO3/c1-20-14-8-6-13(7-9-14)12-17(19)18-10-2-4-15(18)16-5-3-11-21-16/h3,5-9,11,15H,2,4,10,12H2,1H3/t15-/m1/s1. The summed E-state index contributed by atoms with van der Waals surface area (Å²) in [5, 5.41) is 0. The van der Waals surface area contributed by atoms with Crippen LogP contribution in [-0.2, 0) is 11.2 Å². The van der Waals surface area contributed by atoms with Gasteiger partial charge in [0.2, 0.25) is 5.91 Å². The zero-order valence-corrected chi connectivity index (χ0v) is 12.1. The SMILES string of the molecule is COc1ccc(CC(=O)N2CCC[C@@H]2c2ccco2)cc1. The van der Waals surface area contributed by atoms with Crippen LogP contribution in [0.4, 0.5) is 0 Å². The number of amides is 1. The third-order valence-electron chi connectivity index (χ3n) is 3.96. The van der Waals surface area contributed by atoms with Crippen LogP contribution in [0.5, 0.6) is 5.75 Å².